The van der Waals surface area contributed by atoms with Crippen molar-refractivity contribution in [2.45, 2.75) is 46.0 Å². The fraction of sp³-hybridized carbons (Fsp3) is 0.526. The maximum Gasteiger partial charge on any atom is 0.139 e. The van der Waals surface area contributed by atoms with E-state index >= 15 is 0 Å². The first-order valence-corrected chi connectivity index (χ1v) is 7.93. The number of carbonyl (C=O) groups excluding carboxylic acids is 1. The molecule has 20 heavy (non-hydrogen) atoms. The molecule has 3 aliphatic carbocycles. The van der Waals surface area contributed by atoms with Gasteiger partial charge in [0.05, 0.1) is 0 Å². The first kappa shape index (κ1) is 12.4. The molecule has 0 amide bonds. The third-order valence-electron chi connectivity index (χ3n) is 6.07. The Kier molecular flexibility index (Phi) is 2.52. The molecule has 0 heterocycles. The molecule has 0 N–H and O–H groups in total. The van der Waals surface area contributed by atoms with Crippen LogP contribution in [0.4, 0.5) is 0 Å². The monoisotopic (exact) mass is 266 g/mol. The van der Waals surface area contributed by atoms with E-state index in [0.29, 0.717) is 17.6 Å². The maximum absolute atomic E-state index is 12.3. The second-order valence-electron chi connectivity index (χ2n) is 7.16. The van der Waals surface area contributed by atoms with Gasteiger partial charge in [0.15, 0.2) is 0 Å². The van der Waals surface area contributed by atoms with E-state index in [2.05, 4.69) is 38.1 Å². The number of ketones is 1. The first-order chi connectivity index (χ1) is 9.59. The molecule has 0 saturated heterocycles. The Morgan fingerprint density at radius 1 is 1.20 bits per heavy atom. The van der Waals surface area contributed by atoms with Crippen molar-refractivity contribution in [1.82, 2.24) is 0 Å². The van der Waals surface area contributed by atoms with Crippen LogP contribution in [0.5, 0.6) is 0 Å². The molecular weight excluding hydrogens is 244 g/mol. The fourth-order valence-corrected chi connectivity index (χ4v) is 4.89. The van der Waals surface area contributed by atoms with E-state index in [1.165, 1.54) is 29.5 Å². The van der Waals surface area contributed by atoms with Gasteiger partial charge in [-0.1, -0.05) is 36.8 Å². The van der Waals surface area contributed by atoms with Crippen LogP contribution >= 0.6 is 0 Å². The number of hydrogen-bond donors (Lipinski definition) is 0. The molecule has 4 rings (SSSR count). The van der Waals surface area contributed by atoms with E-state index in [-0.39, 0.29) is 5.41 Å². The summed E-state index contributed by atoms with van der Waals surface area (Å²) in [6.07, 6.45) is 7.67. The summed E-state index contributed by atoms with van der Waals surface area (Å²) < 4.78 is 0. The Hall–Kier alpha value is -1.37. The van der Waals surface area contributed by atoms with E-state index in [1.54, 1.807) is 5.57 Å². The highest BCUT2D eigenvalue weighted by Crippen LogP contribution is 2.56. The van der Waals surface area contributed by atoms with E-state index < -0.39 is 0 Å². The number of Topliss-reactive ketones (excluding diaryl/α,β-unsaturated/α-hetero) is 1. The van der Waals surface area contributed by atoms with Crippen LogP contribution in [0.2, 0.25) is 0 Å². The summed E-state index contributed by atoms with van der Waals surface area (Å²) in [6.45, 7) is 4.39. The van der Waals surface area contributed by atoms with Crippen LogP contribution in [0.1, 0.15) is 49.3 Å². The van der Waals surface area contributed by atoms with Crippen LogP contribution in [0, 0.1) is 24.2 Å². The molecule has 0 aliphatic heterocycles. The van der Waals surface area contributed by atoms with Crippen LogP contribution in [-0.2, 0) is 11.2 Å². The molecule has 1 fully saturated rings. The van der Waals surface area contributed by atoms with E-state index in [1.807, 2.05) is 0 Å². The smallest absolute Gasteiger partial charge is 0.139 e. The summed E-state index contributed by atoms with van der Waals surface area (Å²) in [7, 11) is 0. The molecule has 1 aromatic carbocycles. The molecule has 1 nitrogen and oxygen atoms in total. The van der Waals surface area contributed by atoms with Gasteiger partial charge in [0.1, 0.15) is 5.78 Å². The minimum atomic E-state index is -0.0592. The molecule has 2 unspecified atom stereocenters. The topological polar surface area (TPSA) is 17.1 Å². The van der Waals surface area contributed by atoms with E-state index in [0.717, 1.165) is 19.3 Å². The standard InChI is InChI=1S/C19H22O/c1-12-3-5-14-13(11-12)4-6-16-15(14)9-10-19(2)17(16)7-8-18(19)20/h3,5,9,11,16-17H,4,6-8,10H2,1-2H3/t16?,17?,19-/m0/s1. The lowest BCUT2D eigenvalue weighted by atomic mass is 9.60. The largest absolute Gasteiger partial charge is 0.299 e. The summed E-state index contributed by atoms with van der Waals surface area (Å²) in [6, 6.07) is 6.89. The second kappa shape index (κ2) is 4.07. The highest BCUT2D eigenvalue weighted by molar-refractivity contribution is 5.89. The molecule has 0 radical (unpaired) electrons. The number of hydrogen-bond acceptors (Lipinski definition) is 1. The molecule has 0 bridgehead atoms. The van der Waals surface area contributed by atoms with Crippen molar-refractivity contribution in [3.63, 3.8) is 0 Å². The van der Waals surface area contributed by atoms with Crippen LogP contribution in [0.3, 0.4) is 0 Å². The zero-order chi connectivity index (χ0) is 13.9. The fourth-order valence-electron chi connectivity index (χ4n) is 4.89. The third kappa shape index (κ3) is 1.52. The molecule has 0 spiro atoms. The quantitative estimate of drug-likeness (QED) is 0.683. The van der Waals surface area contributed by atoms with Crippen LogP contribution in [0.25, 0.3) is 5.57 Å². The van der Waals surface area contributed by atoms with Gasteiger partial charge in [-0.3, -0.25) is 4.79 Å². The number of carbonyl (C=O) groups is 1. The van der Waals surface area contributed by atoms with Crippen LogP contribution in [0.15, 0.2) is 24.3 Å². The van der Waals surface area contributed by atoms with E-state index in [4.69, 9.17) is 0 Å². The van der Waals surface area contributed by atoms with Gasteiger partial charge in [0.25, 0.3) is 0 Å². The second-order valence-corrected chi connectivity index (χ2v) is 7.16. The lowest BCUT2D eigenvalue weighted by Crippen LogP contribution is -2.38. The van der Waals surface area contributed by atoms with Crippen molar-refractivity contribution >= 4 is 11.4 Å². The average molecular weight is 266 g/mol. The van der Waals surface area contributed by atoms with Gasteiger partial charge >= 0.3 is 0 Å². The minimum absolute atomic E-state index is 0.0592. The number of allylic oxidation sites excluding steroid dienone is 2. The summed E-state index contributed by atoms with van der Waals surface area (Å²) in [5, 5.41) is 0. The number of aryl methyl sites for hydroxylation is 2. The van der Waals surface area contributed by atoms with Gasteiger partial charge in [-0.25, -0.2) is 0 Å². The number of benzene rings is 1. The third-order valence-corrected chi connectivity index (χ3v) is 6.07. The Bertz CT molecular complexity index is 625. The summed E-state index contributed by atoms with van der Waals surface area (Å²) >= 11 is 0. The molecule has 1 saturated carbocycles. The molecule has 3 atom stereocenters. The molecular formula is C19H22O. The molecule has 1 heteroatoms. The Balaban J connectivity index is 1.81. The van der Waals surface area contributed by atoms with Crippen molar-refractivity contribution in [3.05, 3.63) is 41.0 Å². The van der Waals surface area contributed by atoms with Gasteiger partial charge in [0.2, 0.25) is 0 Å². The SMILES string of the molecule is Cc1ccc2c(c1)CCC1C2=CC[C@]2(C)C(=O)CCC12. The van der Waals surface area contributed by atoms with Crippen molar-refractivity contribution in [2.24, 2.45) is 17.3 Å². The summed E-state index contributed by atoms with van der Waals surface area (Å²) in [5.74, 6) is 1.72. The van der Waals surface area contributed by atoms with Gasteiger partial charge in [-0.2, -0.15) is 0 Å². The zero-order valence-electron chi connectivity index (χ0n) is 12.4. The average Bonchev–Trinajstić information content (AvgIpc) is 2.74. The molecule has 1 aromatic rings. The van der Waals surface area contributed by atoms with Crippen LogP contribution < -0.4 is 0 Å². The predicted molar refractivity (Wildman–Crippen MR) is 81.4 cm³/mol. The van der Waals surface area contributed by atoms with Gasteiger partial charge < -0.3 is 0 Å². The highest BCUT2D eigenvalue weighted by Gasteiger charge is 2.51. The minimum Gasteiger partial charge on any atom is -0.299 e. The molecule has 0 aromatic heterocycles. The van der Waals surface area contributed by atoms with Gasteiger partial charge in [-0.05, 0) is 61.1 Å². The van der Waals surface area contributed by atoms with Crippen molar-refractivity contribution in [1.29, 1.82) is 0 Å². The normalized spacial score (nSPS) is 35.1. The van der Waals surface area contributed by atoms with Gasteiger partial charge in [-0.15, -0.1) is 0 Å². The van der Waals surface area contributed by atoms with Crippen molar-refractivity contribution < 1.29 is 4.79 Å². The lowest BCUT2D eigenvalue weighted by molar-refractivity contribution is -0.126. The lowest BCUT2D eigenvalue weighted by Gasteiger charge is -2.43. The van der Waals surface area contributed by atoms with Crippen LogP contribution in [-0.4, -0.2) is 5.78 Å². The Morgan fingerprint density at radius 2 is 2.05 bits per heavy atom. The summed E-state index contributed by atoms with van der Waals surface area (Å²) in [4.78, 5) is 12.3. The zero-order valence-corrected chi connectivity index (χ0v) is 12.4. The number of rotatable bonds is 0. The van der Waals surface area contributed by atoms with Crippen molar-refractivity contribution in [3.8, 4) is 0 Å². The Morgan fingerprint density at radius 3 is 2.90 bits per heavy atom. The van der Waals surface area contributed by atoms with Crippen molar-refractivity contribution in [2.75, 3.05) is 0 Å². The highest BCUT2D eigenvalue weighted by atomic mass is 16.1. The summed E-state index contributed by atoms with van der Waals surface area (Å²) in [5.41, 5.74) is 5.83. The predicted octanol–water partition coefficient (Wildman–Crippen LogP) is 4.33. The molecule has 104 valence electrons. The Labute approximate surface area is 121 Å². The molecule has 3 aliphatic rings. The maximum atomic E-state index is 12.3. The first-order valence-electron chi connectivity index (χ1n) is 7.93. The van der Waals surface area contributed by atoms with Gasteiger partial charge in [0, 0.05) is 11.8 Å². The van der Waals surface area contributed by atoms with E-state index in [9.17, 15) is 4.79 Å². The number of fused-ring (bicyclic) bond motifs is 5.